The topological polar surface area (TPSA) is 44.5 Å². The van der Waals surface area contributed by atoms with Crippen LogP contribution in [0.1, 0.15) is 30.4 Å². The van der Waals surface area contributed by atoms with E-state index in [1.54, 1.807) is 11.3 Å². The summed E-state index contributed by atoms with van der Waals surface area (Å²) < 4.78 is 11.6. The molecule has 2 rings (SSSR count). The summed E-state index contributed by atoms with van der Waals surface area (Å²) in [5, 5.41) is 2.07. The minimum atomic E-state index is -0.133. The molecule has 1 heterocycles. The fourth-order valence-electron chi connectivity index (χ4n) is 2.03. The number of rotatable bonds is 6. The third-order valence-electron chi connectivity index (χ3n) is 3.02. The number of ether oxygens (including phenoxy) is 2. The van der Waals surface area contributed by atoms with Gasteiger partial charge >= 0.3 is 0 Å². The van der Waals surface area contributed by atoms with Crippen LogP contribution in [0.15, 0.2) is 35.7 Å². The predicted octanol–water partition coefficient (Wildman–Crippen LogP) is 3.92. The van der Waals surface area contributed by atoms with Crippen LogP contribution in [0.2, 0.25) is 0 Å². The number of thiophene rings is 1. The second-order valence-corrected chi connectivity index (χ2v) is 5.72. The van der Waals surface area contributed by atoms with Crippen LogP contribution in [0.3, 0.4) is 0 Å². The maximum Gasteiger partial charge on any atom is 0.148 e. The van der Waals surface area contributed by atoms with E-state index in [1.165, 1.54) is 10.4 Å². The van der Waals surface area contributed by atoms with Crippen molar-refractivity contribution in [3.63, 3.8) is 0 Å². The predicted molar refractivity (Wildman–Crippen MR) is 83.7 cm³/mol. The summed E-state index contributed by atoms with van der Waals surface area (Å²) in [7, 11) is 0. The first-order valence-corrected chi connectivity index (χ1v) is 7.69. The van der Waals surface area contributed by atoms with Crippen LogP contribution < -0.4 is 15.2 Å². The van der Waals surface area contributed by atoms with E-state index in [0.29, 0.717) is 6.61 Å². The summed E-state index contributed by atoms with van der Waals surface area (Å²) in [5.74, 6) is 1.60. The molecule has 0 aliphatic rings. The number of hydrogen-bond acceptors (Lipinski definition) is 4. The van der Waals surface area contributed by atoms with Gasteiger partial charge < -0.3 is 15.2 Å². The fourth-order valence-corrected chi connectivity index (χ4v) is 3.10. The third kappa shape index (κ3) is 3.52. The van der Waals surface area contributed by atoms with Gasteiger partial charge in [0.2, 0.25) is 0 Å². The van der Waals surface area contributed by atoms with Crippen molar-refractivity contribution in [2.24, 2.45) is 5.73 Å². The highest BCUT2D eigenvalue weighted by Gasteiger charge is 2.21. The Labute approximate surface area is 124 Å². The second-order valence-electron chi connectivity index (χ2n) is 4.77. The molecule has 0 saturated heterocycles. The van der Waals surface area contributed by atoms with Gasteiger partial charge in [0.05, 0.1) is 6.61 Å². The maximum absolute atomic E-state index is 6.09. The van der Waals surface area contributed by atoms with Gasteiger partial charge in [-0.25, -0.2) is 0 Å². The molecule has 0 radical (unpaired) electrons. The molecule has 3 nitrogen and oxygen atoms in total. The van der Waals surface area contributed by atoms with Gasteiger partial charge in [0.15, 0.2) is 0 Å². The minimum Gasteiger partial charge on any atom is -0.494 e. The van der Waals surface area contributed by atoms with E-state index in [0.717, 1.165) is 11.5 Å². The Morgan fingerprint density at radius 2 is 2.00 bits per heavy atom. The monoisotopic (exact) mass is 291 g/mol. The number of aryl methyl sites for hydroxylation is 1. The molecule has 1 aromatic heterocycles. The zero-order chi connectivity index (χ0) is 14.5. The van der Waals surface area contributed by atoms with Gasteiger partial charge in [-0.2, -0.15) is 0 Å². The first kappa shape index (κ1) is 14.9. The van der Waals surface area contributed by atoms with Crippen molar-refractivity contribution in [3.8, 4) is 11.5 Å². The van der Waals surface area contributed by atoms with E-state index >= 15 is 0 Å². The Hall–Kier alpha value is -1.52. The summed E-state index contributed by atoms with van der Waals surface area (Å²) in [6, 6.07) is 9.70. The number of hydrogen-bond donors (Lipinski definition) is 1. The molecular formula is C16H21NO2S. The van der Waals surface area contributed by atoms with Crippen LogP contribution in [0.4, 0.5) is 0 Å². The van der Waals surface area contributed by atoms with E-state index < -0.39 is 0 Å². The van der Waals surface area contributed by atoms with Gasteiger partial charge in [-0.3, -0.25) is 0 Å². The summed E-state index contributed by atoms with van der Waals surface area (Å²) in [5.41, 5.74) is 7.31. The Kier molecular flexibility index (Phi) is 5.04. The van der Waals surface area contributed by atoms with Gasteiger partial charge in [0.25, 0.3) is 0 Å². The highest BCUT2D eigenvalue weighted by atomic mass is 32.1. The van der Waals surface area contributed by atoms with E-state index in [4.69, 9.17) is 15.2 Å². The van der Waals surface area contributed by atoms with Crippen LogP contribution in [0.5, 0.6) is 11.5 Å². The Balaban J connectivity index is 2.21. The Morgan fingerprint density at radius 1 is 1.25 bits per heavy atom. The van der Waals surface area contributed by atoms with Gasteiger partial charge in [-0.05, 0) is 49.9 Å². The molecule has 2 unspecified atom stereocenters. The van der Waals surface area contributed by atoms with Crippen molar-refractivity contribution in [1.82, 2.24) is 0 Å². The highest BCUT2D eigenvalue weighted by Crippen LogP contribution is 2.31. The molecule has 4 heteroatoms. The number of nitrogens with two attached hydrogens (primary N) is 1. The van der Waals surface area contributed by atoms with Crippen LogP contribution in [0, 0.1) is 6.92 Å². The fraction of sp³-hybridized carbons (Fsp3) is 0.375. The lowest BCUT2D eigenvalue weighted by Crippen LogP contribution is -2.28. The van der Waals surface area contributed by atoms with Crippen LogP contribution in [-0.4, -0.2) is 12.6 Å². The largest absolute Gasteiger partial charge is 0.494 e. The maximum atomic E-state index is 6.09. The van der Waals surface area contributed by atoms with Crippen molar-refractivity contribution < 1.29 is 9.47 Å². The van der Waals surface area contributed by atoms with Crippen LogP contribution in [-0.2, 0) is 0 Å². The number of benzene rings is 1. The zero-order valence-electron chi connectivity index (χ0n) is 12.1. The van der Waals surface area contributed by atoms with Gasteiger partial charge in [-0.1, -0.05) is 6.07 Å². The minimum absolute atomic E-state index is 0.0805. The Morgan fingerprint density at radius 3 is 2.60 bits per heavy atom. The highest BCUT2D eigenvalue weighted by molar-refractivity contribution is 7.10. The first-order chi connectivity index (χ1) is 9.61. The molecule has 0 amide bonds. The van der Waals surface area contributed by atoms with Gasteiger partial charge in [-0.15, -0.1) is 11.3 Å². The van der Waals surface area contributed by atoms with Gasteiger partial charge in [0.1, 0.15) is 17.6 Å². The molecule has 2 atom stereocenters. The zero-order valence-corrected chi connectivity index (χ0v) is 12.9. The van der Waals surface area contributed by atoms with E-state index in [9.17, 15) is 0 Å². The molecule has 0 aliphatic carbocycles. The van der Waals surface area contributed by atoms with Crippen molar-refractivity contribution >= 4 is 11.3 Å². The lowest BCUT2D eigenvalue weighted by molar-refractivity contribution is 0.182. The summed E-state index contributed by atoms with van der Waals surface area (Å²) >= 11 is 1.68. The molecule has 2 aromatic rings. The second kappa shape index (κ2) is 6.77. The first-order valence-electron chi connectivity index (χ1n) is 6.81. The standard InChI is InChI=1S/C16H21NO2S/c1-4-18-13-6-5-7-14(10-13)19-15(12(3)17)16-11(2)8-9-20-16/h5-10,12,15H,4,17H2,1-3H3. The lowest BCUT2D eigenvalue weighted by Gasteiger charge is -2.22. The summed E-state index contributed by atoms with van der Waals surface area (Å²) in [6.45, 7) is 6.66. The SMILES string of the molecule is CCOc1cccc(OC(c2sccc2C)C(C)N)c1. The van der Waals surface area contributed by atoms with Gasteiger partial charge in [0, 0.05) is 17.0 Å². The van der Waals surface area contributed by atoms with E-state index in [2.05, 4.69) is 18.4 Å². The van der Waals surface area contributed by atoms with Crippen molar-refractivity contribution in [2.45, 2.75) is 32.9 Å². The van der Waals surface area contributed by atoms with Crippen molar-refractivity contribution in [1.29, 1.82) is 0 Å². The molecular weight excluding hydrogens is 270 g/mol. The molecule has 108 valence electrons. The average Bonchev–Trinajstić information content (AvgIpc) is 2.83. The van der Waals surface area contributed by atoms with E-state index in [1.807, 2.05) is 38.1 Å². The van der Waals surface area contributed by atoms with Crippen LogP contribution in [0.25, 0.3) is 0 Å². The Bertz CT molecular complexity index is 551. The van der Waals surface area contributed by atoms with Crippen molar-refractivity contribution in [2.75, 3.05) is 6.61 Å². The quantitative estimate of drug-likeness (QED) is 0.877. The average molecular weight is 291 g/mol. The third-order valence-corrected chi connectivity index (χ3v) is 4.10. The van der Waals surface area contributed by atoms with E-state index in [-0.39, 0.29) is 12.1 Å². The molecule has 0 bridgehead atoms. The molecule has 0 spiro atoms. The van der Waals surface area contributed by atoms with Crippen LogP contribution >= 0.6 is 11.3 Å². The van der Waals surface area contributed by atoms with Crippen molar-refractivity contribution in [3.05, 3.63) is 46.2 Å². The molecule has 2 N–H and O–H groups in total. The normalized spacial score (nSPS) is 13.8. The molecule has 20 heavy (non-hydrogen) atoms. The molecule has 1 aromatic carbocycles. The molecule has 0 saturated carbocycles. The molecule has 0 aliphatic heterocycles. The molecule has 0 fully saturated rings. The lowest BCUT2D eigenvalue weighted by atomic mass is 10.1. The summed E-state index contributed by atoms with van der Waals surface area (Å²) in [6.07, 6.45) is -0.133. The summed E-state index contributed by atoms with van der Waals surface area (Å²) in [4.78, 5) is 1.18. The smallest absolute Gasteiger partial charge is 0.148 e.